The molecule has 0 radical (unpaired) electrons. The first-order valence-electron chi connectivity index (χ1n) is 13.5. The van der Waals surface area contributed by atoms with E-state index < -0.39 is 0 Å². The van der Waals surface area contributed by atoms with Crippen LogP contribution >= 0.6 is 0 Å². The molecule has 38 heavy (non-hydrogen) atoms. The normalized spacial score (nSPS) is 21.3. The van der Waals surface area contributed by atoms with Crippen molar-refractivity contribution in [2.75, 3.05) is 11.4 Å². The van der Waals surface area contributed by atoms with E-state index in [0.29, 0.717) is 6.54 Å². The van der Waals surface area contributed by atoms with Gasteiger partial charge in [0.15, 0.2) is 0 Å². The minimum Gasteiger partial charge on any atom is -0.337 e. The van der Waals surface area contributed by atoms with Gasteiger partial charge in [0.1, 0.15) is 17.5 Å². The smallest absolute Gasteiger partial charge is 0.149 e. The topological polar surface area (TPSA) is 23.3 Å². The van der Waals surface area contributed by atoms with E-state index in [2.05, 4.69) is 136 Å². The largest absolute Gasteiger partial charge is 0.337 e. The Bertz CT molecular complexity index is 1540. The fraction of sp³-hybridized carbons (Fsp3) is 0.286. The van der Waals surface area contributed by atoms with Crippen molar-refractivity contribution in [1.82, 2.24) is 0 Å². The molecule has 2 aliphatic heterocycles. The van der Waals surface area contributed by atoms with Crippen LogP contribution in [-0.4, -0.2) is 23.6 Å². The highest BCUT2D eigenvalue weighted by atomic mass is 16.1. The zero-order valence-electron chi connectivity index (χ0n) is 23.5. The monoisotopic (exact) mass is 502 g/mol. The van der Waals surface area contributed by atoms with E-state index >= 15 is 0 Å². The highest BCUT2D eigenvalue weighted by Crippen LogP contribution is 2.51. The lowest BCUT2D eigenvalue weighted by Crippen LogP contribution is -2.29. The standard InChI is InChI=1S/C35H38N2O/c1-8-35(6)28-14-12-13-15-29(28)36(7)32(35)17-11-9-10-16-31-34(4,5)33-27-22-24(2)18-19-26(27)20-21-30(33)37(31)23-25(3)38/h9-22H,7-8,23H2,1-6H3. The first-order valence-corrected chi connectivity index (χ1v) is 13.5. The Morgan fingerprint density at radius 1 is 1.05 bits per heavy atom. The van der Waals surface area contributed by atoms with Crippen molar-refractivity contribution in [3.8, 4) is 0 Å². The molecule has 0 spiro atoms. The van der Waals surface area contributed by atoms with Crippen molar-refractivity contribution >= 4 is 34.6 Å². The molecule has 0 saturated carbocycles. The Morgan fingerprint density at radius 2 is 1.79 bits per heavy atom. The van der Waals surface area contributed by atoms with Crippen molar-refractivity contribution in [2.24, 2.45) is 0 Å². The van der Waals surface area contributed by atoms with Crippen molar-refractivity contribution in [1.29, 1.82) is 0 Å². The minimum absolute atomic E-state index is 0.0618. The van der Waals surface area contributed by atoms with Crippen LogP contribution < -0.4 is 4.90 Å². The van der Waals surface area contributed by atoms with Crippen LogP contribution in [0.4, 0.5) is 11.4 Å². The van der Waals surface area contributed by atoms with E-state index in [9.17, 15) is 4.79 Å². The molecule has 3 aromatic rings. The van der Waals surface area contributed by atoms with Gasteiger partial charge in [0, 0.05) is 22.2 Å². The van der Waals surface area contributed by atoms with E-state index in [1.165, 1.54) is 39.2 Å². The Morgan fingerprint density at radius 3 is 2.53 bits per heavy atom. The first kappa shape index (κ1) is 25.8. The third kappa shape index (κ3) is 4.01. The van der Waals surface area contributed by atoms with Crippen LogP contribution in [0, 0.1) is 13.0 Å². The molecule has 0 saturated heterocycles. The van der Waals surface area contributed by atoms with Crippen LogP contribution in [0.3, 0.4) is 0 Å². The molecule has 2 aliphatic rings. The second kappa shape index (κ2) is 9.47. The summed E-state index contributed by atoms with van der Waals surface area (Å²) in [4.78, 5) is 14.5. The van der Waals surface area contributed by atoms with Crippen LogP contribution in [0.15, 0.2) is 90.7 Å². The van der Waals surface area contributed by atoms with Gasteiger partial charge in [-0.15, -0.1) is 12.2 Å². The van der Waals surface area contributed by atoms with Gasteiger partial charge in [0.05, 0.1) is 13.3 Å². The molecule has 0 amide bonds. The summed E-state index contributed by atoms with van der Waals surface area (Å²) >= 11 is 0. The Kier molecular flexibility index (Phi) is 6.43. The molecule has 0 bridgehead atoms. The maximum Gasteiger partial charge on any atom is 0.149 e. The van der Waals surface area contributed by atoms with Gasteiger partial charge in [-0.1, -0.05) is 87.9 Å². The van der Waals surface area contributed by atoms with Crippen LogP contribution in [0.2, 0.25) is 0 Å². The molecule has 1 atom stereocenters. The number of carbonyl (C=O) groups is 1. The van der Waals surface area contributed by atoms with Crippen molar-refractivity contribution in [3.05, 3.63) is 113 Å². The van der Waals surface area contributed by atoms with Crippen molar-refractivity contribution in [2.45, 2.75) is 58.8 Å². The number of hydrogen-bond acceptors (Lipinski definition) is 2. The number of para-hydroxylation sites is 1. The van der Waals surface area contributed by atoms with Crippen LogP contribution in [0.1, 0.15) is 57.7 Å². The molecule has 1 unspecified atom stereocenters. The van der Waals surface area contributed by atoms with Crippen LogP contribution in [0.5, 0.6) is 0 Å². The van der Waals surface area contributed by atoms with Gasteiger partial charge in [-0.3, -0.25) is 9.37 Å². The number of carbonyl (C=O) groups excluding carboxylic acids is 1. The van der Waals surface area contributed by atoms with E-state index in [-0.39, 0.29) is 16.6 Å². The number of benzene rings is 3. The van der Waals surface area contributed by atoms with Gasteiger partial charge in [-0.2, -0.15) is 0 Å². The summed E-state index contributed by atoms with van der Waals surface area (Å²) in [5, 5.41) is 2.50. The summed E-state index contributed by atoms with van der Waals surface area (Å²) in [7, 11) is 0. The number of ketones is 1. The Balaban J connectivity index is 1.48. The summed E-state index contributed by atoms with van der Waals surface area (Å²) in [6, 6.07) is 20.7. The molecule has 0 aromatic heterocycles. The number of Topliss-reactive ketones (excluding diaryl/α,β-unsaturated/α-hetero) is 1. The quantitative estimate of drug-likeness (QED) is 0.193. The highest BCUT2D eigenvalue weighted by molar-refractivity contribution is 5.97. The van der Waals surface area contributed by atoms with E-state index in [1.54, 1.807) is 6.92 Å². The second-order valence-electron chi connectivity index (χ2n) is 11.4. The van der Waals surface area contributed by atoms with E-state index in [0.717, 1.165) is 17.8 Å². The molecular formula is C35H38N2O. The van der Waals surface area contributed by atoms with E-state index in [1.807, 2.05) is 0 Å². The predicted octanol–water partition coefficient (Wildman–Crippen LogP) is 8.09. The number of allylic oxidation sites excluding steroid dienone is 5. The summed E-state index contributed by atoms with van der Waals surface area (Å²) in [6.07, 6.45) is 11.6. The third-order valence-corrected chi connectivity index (χ3v) is 8.47. The molecular weight excluding hydrogens is 464 g/mol. The first-order chi connectivity index (χ1) is 18.1. The maximum absolute atomic E-state index is 12.3. The summed E-state index contributed by atoms with van der Waals surface area (Å²) < 4.78 is 2.07. The lowest BCUT2D eigenvalue weighted by atomic mass is 9.76. The highest BCUT2D eigenvalue weighted by Gasteiger charge is 2.45. The van der Waals surface area contributed by atoms with E-state index in [4.69, 9.17) is 0 Å². The number of fused-ring (bicyclic) bond motifs is 4. The molecule has 3 aromatic carbocycles. The molecule has 194 valence electrons. The molecule has 0 fully saturated rings. The molecule has 0 N–H and O–H groups in total. The lowest BCUT2D eigenvalue weighted by Gasteiger charge is -2.27. The molecule has 2 heterocycles. The summed E-state index contributed by atoms with van der Waals surface area (Å²) in [5.74, 6) is 0.152. The predicted molar refractivity (Wildman–Crippen MR) is 160 cm³/mol. The van der Waals surface area contributed by atoms with Gasteiger partial charge in [-0.25, -0.2) is 0 Å². The van der Waals surface area contributed by atoms with Gasteiger partial charge in [0.2, 0.25) is 0 Å². The van der Waals surface area contributed by atoms with Gasteiger partial charge < -0.3 is 4.90 Å². The summed E-state index contributed by atoms with van der Waals surface area (Å²) in [5.41, 5.74) is 7.01. The number of hydrogen-bond donors (Lipinski definition) is 0. The zero-order valence-corrected chi connectivity index (χ0v) is 23.5. The maximum atomic E-state index is 12.3. The van der Waals surface area contributed by atoms with Crippen LogP contribution in [0.25, 0.3) is 10.8 Å². The van der Waals surface area contributed by atoms with Crippen molar-refractivity contribution < 1.29 is 9.37 Å². The molecule has 3 nitrogen and oxygen atoms in total. The number of anilines is 1. The SMILES string of the molecule is C=[N+]1c2ccccc2C(C)(CC)[C-]1C=CC=CC=C1N(CC(C)=O)c2ccc3ccc(C)cc3c2C1(C)C. The Labute approximate surface area is 227 Å². The number of aryl methyl sites for hydroxylation is 1. The molecule has 5 rings (SSSR count). The van der Waals surface area contributed by atoms with Gasteiger partial charge in [0.25, 0.3) is 0 Å². The number of rotatable bonds is 6. The third-order valence-electron chi connectivity index (χ3n) is 8.47. The lowest BCUT2D eigenvalue weighted by molar-refractivity contribution is -0.405. The van der Waals surface area contributed by atoms with Gasteiger partial charge in [-0.05, 0) is 60.4 Å². The summed E-state index contributed by atoms with van der Waals surface area (Å²) in [6.45, 7) is 17.6. The Hall–Kier alpha value is -3.85. The zero-order chi connectivity index (χ0) is 27.2. The fourth-order valence-corrected chi connectivity index (χ4v) is 6.33. The number of nitrogens with zero attached hydrogens (tertiary/aromatic N) is 2. The average molecular weight is 503 g/mol. The molecule has 3 heteroatoms. The van der Waals surface area contributed by atoms with Gasteiger partial charge >= 0.3 is 0 Å². The average Bonchev–Trinajstić information content (AvgIpc) is 3.23. The minimum atomic E-state index is -0.237. The van der Waals surface area contributed by atoms with Crippen molar-refractivity contribution in [3.63, 3.8) is 0 Å². The second-order valence-corrected chi connectivity index (χ2v) is 11.4. The van der Waals surface area contributed by atoms with Crippen LogP contribution in [-0.2, 0) is 15.6 Å². The molecule has 0 aliphatic carbocycles. The fourth-order valence-electron chi connectivity index (χ4n) is 6.33.